The molecular formula is C21H16ClN5OS. The van der Waals surface area contributed by atoms with Gasteiger partial charge in [0.1, 0.15) is 22.7 Å². The number of nitrogens with one attached hydrogen (secondary N) is 1. The third-order valence-electron chi connectivity index (χ3n) is 4.22. The summed E-state index contributed by atoms with van der Waals surface area (Å²) in [5, 5.41) is 15.5. The van der Waals surface area contributed by atoms with Gasteiger partial charge in [-0.2, -0.15) is 5.26 Å². The second kappa shape index (κ2) is 8.86. The van der Waals surface area contributed by atoms with Gasteiger partial charge in [-0.15, -0.1) is 11.3 Å². The Balaban J connectivity index is 1.35. The van der Waals surface area contributed by atoms with Crippen molar-refractivity contribution >= 4 is 39.0 Å². The molecule has 0 saturated heterocycles. The first-order chi connectivity index (χ1) is 14.2. The first kappa shape index (κ1) is 19.1. The van der Waals surface area contributed by atoms with Crippen LogP contribution in [0.15, 0.2) is 54.2 Å². The summed E-state index contributed by atoms with van der Waals surface area (Å²) < 4.78 is 5.78. The van der Waals surface area contributed by atoms with E-state index >= 15 is 0 Å². The average molecular weight is 422 g/mol. The molecule has 0 unspecified atom stereocenters. The largest absolute Gasteiger partial charge is 0.439 e. The molecular weight excluding hydrogens is 406 g/mol. The summed E-state index contributed by atoms with van der Waals surface area (Å²) in [6.45, 7) is 0.719. The van der Waals surface area contributed by atoms with E-state index in [4.69, 9.17) is 21.6 Å². The predicted molar refractivity (Wildman–Crippen MR) is 115 cm³/mol. The molecule has 0 aliphatic rings. The maximum Gasteiger partial charge on any atom is 0.219 e. The number of ether oxygens (including phenoxy) is 1. The lowest BCUT2D eigenvalue weighted by atomic mass is 10.1. The number of halogens is 1. The fraction of sp³-hybridized carbons (Fsp3) is 0.143. The van der Waals surface area contributed by atoms with E-state index in [1.807, 2.05) is 35.7 Å². The van der Waals surface area contributed by atoms with Gasteiger partial charge in [-0.1, -0.05) is 29.8 Å². The molecule has 29 heavy (non-hydrogen) atoms. The van der Waals surface area contributed by atoms with Crippen molar-refractivity contribution in [2.24, 2.45) is 0 Å². The Hall–Kier alpha value is -3.21. The third-order valence-corrected chi connectivity index (χ3v) is 5.53. The van der Waals surface area contributed by atoms with Crippen LogP contribution >= 0.6 is 22.9 Å². The van der Waals surface area contributed by atoms with E-state index in [1.54, 1.807) is 18.5 Å². The number of thiophene rings is 1. The number of hydrogen-bond donors (Lipinski definition) is 1. The number of aromatic nitrogens is 3. The molecule has 0 bridgehead atoms. The van der Waals surface area contributed by atoms with Crippen LogP contribution in [-0.2, 0) is 12.8 Å². The molecule has 144 valence electrons. The Labute approximate surface area is 176 Å². The fourth-order valence-electron chi connectivity index (χ4n) is 2.84. The van der Waals surface area contributed by atoms with Crippen LogP contribution in [0.4, 0.5) is 5.82 Å². The summed E-state index contributed by atoms with van der Waals surface area (Å²) in [5.74, 6) is 1.93. The smallest absolute Gasteiger partial charge is 0.219 e. The molecule has 0 aliphatic carbocycles. The number of fused-ring (bicyclic) bond motifs is 1. The zero-order valence-corrected chi connectivity index (χ0v) is 16.9. The lowest BCUT2D eigenvalue weighted by Gasteiger charge is -2.09. The summed E-state index contributed by atoms with van der Waals surface area (Å²) >= 11 is 7.75. The van der Waals surface area contributed by atoms with Gasteiger partial charge in [0.2, 0.25) is 5.88 Å². The first-order valence-corrected chi connectivity index (χ1v) is 10.2. The molecule has 4 aromatic rings. The van der Waals surface area contributed by atoms with Crippen LogP contribution in [0.3, 0.4) is 0 Å². The third kappa shape index (κ3) is 4.62. The molecule has 3 aromatic heterocycles. The molecule has 0 radical (unpaired) electrons. The predicted octanol–water partition coefficient (Wildman–Crippen LogP) is 5.25. The Kier molecular flexibility index (Phi) is 5.84. The summed E-state index contributed by atoms with van der Waals surface area (Å²) in [6.07, 6.45) is 2.63. The molecule has 0 saturated carbocycles. The van der Waals surface area contributed by atoms with Crippen molar-refractivity contribution in [2.75, 3.05) is 11.9 Å². The Morgan fingerprint density at radius 2 is 2.00 bits per heavy atom. The van der Waals surface area contributed by atoms with Crippen LogP contribution in [0.25, 0.3) is 10.2 Å². The molecule has 6 nitrogen and oxygen atoms in total. The van der Waals surface area contributed by atoms with Gasteiger partial charge in [-0.05, 0) is 30.2 Å². The molecule has 1 aromatic carbocycles. The highest BCUT2D eigenvalue weighted by molar-refractivity contribution is 7.17. The van der Waals surface area contributed by atoms with Crippen LogP contribution in [0.2, 0.25) is 5.02 Å². The van der Waals surface area contributed by atoms with Crippen LogP contribution < -0.4 is 10.1 Å². The average Bonchev–Trinajstić information content (AvgIpc) is 3.12. The molecule has 0 amide bonds. The van der Waals surface area contributed by atoms with Crippen LogP contribution in [0, 0.1) is 11.3 Å². The Bertz CT molecular complexity index is 1170. The van der Waals surface area contributed by atoms with E-state index in [0.29, 0.717) is 22.3 Å². The lowest BCUT2D eigenvalue weighted by molar-refractivity contribution is 0.461. The number of pyridine rings is 1. The first-order valence-electron chi connectivity index (χ1n) is 8.94. The van der Waals surface area contributed by atoms with E-state index < -0.39 is 0 Å². The molecule has 0 spiro atoms. The van der Waals surface area contributed by atoms with Gasteiger partial charge < -0.3 is 10.1 Å². The van der Waals surface area contributed by atoms with Crippen molar-refractivity contribution in [1.82, 2.24) is 15.0 Å². The summed E-state index contributed by atoms with van der Waals surface area (Å²) in [7, 11) is 0. The van der Waals surface area contributed by atoms with Gasteiger partial charge in [0.25, 0.3) is 0 Å². The van der Waals surface area contributed by atoms with Crippen molar-refractivity contribution in [2.45, 2.75) is 12.8 Å². The van der Waals surface area contributed by atoms with Gasteiger partial charge in [-0.3, -0.25) is 0 Å². The number of nitriles is 1. The summed E-state index contributed by atoms with van der Waals surface area (Å²) in [5.41, 5.74) is 1.86. The second-order valence-corrected chi connectivity index (χ2v) is 7.48. The monoisotopic (exact) mass is 421 g/mol. The molecule has 3 heterocycles. The van der Waals surface area contributed by atoms with Crippen LogP contribution in [-0.4, -0.2) is 21.5 Å². The minimum Gasteiger partial charge on any atom is -0.439 e. The van der Waals surface area contributed by atoms with E-state index in [1.165, 1.54) is 11.3 Å². The topological polar surface area (TPSA) is 83.7 Å². The van der Waals surface area contributed by atoms with Crippen LogP contribution in [0.1, 0.15) is 11.3 Å². The molecule has 1 N–H and O–H groups in total. The fourth-order valence-corrected chi connectivity index (χ4v) is 3.97. The number of hydrogen-bond acceptors (Lipinski definition) is 7. The van der Waals surface area contributed by atoms with Crippen molar-refractivity contribution in [1.29, 1.82) is 5.26 Å². The van der Waals surface area contributed by atoms with Crippen molar-refractivity contribution in [3.63, 3.8) is 0 Å². The number of rotatable bonds is 7. The van der Waals surface area contributed by atoms with E-state index in [-0.39, 0.29) is 6.42 Å². The number of nitrogens with zero attached hydrogens (tertiary/aromatic N) is 4. The van der Waals surface area contributed by atoms with E-state index in [9.17, 15) is 0 Å². The van der Waals surface area contributed by atoms with Crippen molar-refractivity contribution < 1.29 is 4.74 Å². The highest BCUT2D eigenvalue weighted by Crippen LogP contribution is 2.32. The van der Waals surface area contributed by atoms with Crippen LogP contribution in [0.5, 0.6) is 11.6 Å². The lowest BCUT2D eigenvalue weighted by Crippen LogP contribution is -2.06. The normalized spacial score (nSPS) is 10.6. The second-order valence-electron chi connectivity index (χ2n) is 6.21. The molecule has 4 rings (SSSR count). The maximum atomic E-state index is 8.78. The maximum absolute atomic E-state index is 8.78. The summed E-state index contributed by atoms with van der Waals surface area (Å²) in [6, 6.07) is 15.4. The zero-order chi connectivity index (χ0) is 20.1. The molecule has 0 fully saturated rings. The van der Waals surface area contributed by atoms with Gasteiger partial charge in [0, 0.05) is 18.0 Å². The Morgan fingerprint density at radius 1 is 1.14 bits per heavy atom. The minimum atomic E-state index is 0.262. The van der Waals surface area contributed by atoms with Gasteiger partial charge in [0.15, 0.2) is 0 Å². The highest BCUT2D eigenvalue weighted by Gasteiger charge is 2.09. The highest BCUT2D eigenvalue weighted by atomic mass is 35.5. The molecule has 0 atom stereocenters. The van der Waals surface area contributed by atoms with E-state index in [2.05, 4.69) is 26.3 Å². The number of anilines is 1. The zero-order valence-electron chi connectivity index (χ0n) is 15.3. The molecule has 0 aliphatic heterocycles. The standard InChI is InChI=1S/C21H16ClN5OS/c22-17-12-29-21-19(17)20(25-13-26-21)24-11-9-14-4-6-16(7-5-14)28-18-3-1-2-15(27-18)8-10-23/h1-7,12-13H,8-9,11H2,(H,24,25,26). The van der Waals surface area contributed by atoms with E-state index in [0.717, 1.165) is 34.6 Å². The van der Waals surface area contributed by atoms with Crippen molar-refractivity contribution in [3.05, 3.63) is 70.5 Å². The van der Waals surface area contributed by atoms with Gasteiger partial charge in [-0.25, -0.2) is 15.0 Å². The van der Waals surface area contributed by atoms with Gasteiger partial charge in [0.05, 0.1) is 28.6 Å². The minimum absolute atomic E-state index is 0.262. The van der Waals surface area contributed by atoms with Crippen molar-refractivity contribution in [3.8, 4) is 17.7 Å². The summed E-state index contributed by atoms with van der Waals surface area (Å²) in [4.78, 5) is 13.7. The quantitative estimate of drug-likeness (QED) is 0.438. The Morgan fingerprint density at radius 3 is 2.83 bits per heavy atom. The van der Waals surface area contributed by atoms with Gasteiger partial charge >= 0.3 is 0 Å². The number of benzene rings is 1. The molecule has 8 heteroatoms. The SMILES string of the molecule is N#CCc1cccc(Oc2ccc(CCNc3ncnc4scc(Cl)c34)cc2)n1.